The fourth-order valence-corrected chi connectivity index (χ4v) is 2.44. The van der Waals surface area contributed by atoms with Crippen LogP contribution in [0, 0.1) is 10.1 Å². The van der Waals surface area contributed by atoms with Crippen molar-refractivity contribution in [1.82, 2.24) is 10.6 Å². The van der Waals surface area contributed by atoms with Crippen molar-refractivity contribution in [1.29, 1.82) is 0 Å². The fourth-order valence-electron chi connectivity index (χ4n) is 2.44. The summed E-state index contributed by atoms with van der Waals surface area (Å²) in [5.41, 5.74) is 0.920. The lowest BCUT2D eigenvalue weighted by Gasteiger charge is -2.17. The van der Waals surface area contributed by atoms with Crippen LogP contribution in [-0.2, 0) is 0 Å². The molecule has 2 N–H and O–H groups in total. The van der Waals surface area contributed by atoms with E-state index in [2.05, 4.69) is 10.6 Å². The van der Waals surface area contributed by atoms with Crippen LogP contribution >= 0.6 is 0 Å². The highest BCUT2D eigenvalue weighted by molar-refractivity contribution is 5.95. The molecule has 0 unspecified atom stereocenters. The van der Waals surface area contributed by atoms with Crippen molar-refractivity contribution < 1.29 is 9.72 Å². The van der Waals surface area contributed by atoms with Crippen LogP contribution in [0.3, 0.4) is 0 Å². The number of amides is 1. The van der Waals surface area contributed by atoms with E-state index < -0.39 is 4.92 Å². The van der Waals surface area contributed by atoms with Crippen molar-refractivity contribution in [2.45, 2.75) is 12.8 Å². The van der Waals surface area contributed by atoms with Gasteiger partial charge in [0.15, 0.2) is 0 Å². The zero-order chi connectivity index (χ0) is 15.2. The molecule has 21 heavy (non-hydrogen) atoms. The van der Waals surface area contributed by atoms with Crippen molar-refractivity contribution >= 4 is 17.3 Å². The summed E-state index contributed by atoms with van der Waals surface area (Å²) in [6.07, 6.45) is 2.09. The topological polar surface area (TPSA) is 87.5 Å². The molecule has 1 amide bonds. The number of carbonyl (C=O) groups is 1. The number of carbonyl (C=O) groups excluding carboxylic acids is 1. The number of likely N-dealkylation sites (N-methyl/N-ethyl adjacent to an activating group) is 1. The van der Waals surface area contributed by atoms with Gasteiger partial charge in [0.1, 0.15) is 5.69 Å². The quantitative estimate of drug-likeness (QED) is 0.466. The Morgan fingerprint density at radius 1 is 1.33 bits per heavy atom. The van der Waals surface area contributed by atoms with E-state index in [0.29, 0.717) is 24.3 Å². The lowest BCUT2D eigenvalue weighted by atomic mass is 10.1. The van der Waals surface area contributed by atoms with Crippen molar-refractivity contribution in [2.24, 2.45) is 0 Å². The lowest BCUT2D eigenvalue weighted by molar-refractivity contribution is -0.384. The Hall–Kier alpha value is -2.15. The van der Waals surface area contributed by atoms with E-state index in [1.54, 1.807) is 19.2 Å². The highest BCUT2D eigenvalue weighted by Crippen LogP contribution is 2.31. The predicted molar refractivity (Wildman–Crippen MR) is 80.8 cm³/mol. The number of nitrogens with one attached hydrogen (secondary N) is 2. The average Bonchev–Trinajstić information content (AvgIpc) is 3.00. The third kappa shape index (κ3) is 3.69. The molecule has 1 saturated heterocycles. The van der Waals surface area contributed by atoms with Crippen LogP contribution in [-0.4, -0.2) is 44.1 Å². The van der Waals surface area contributed by atoms with Gasteiger partial charge in [-0.05, 0) is 32.0 Å². The van der Waals surface area contributed by atoms with Crippen LogP contribution in [0.2, 0.25) is 0 Å². The fraction of sp³-hybridized carbons (Fsp3) is 0.500. The maximum Gasteiger partial charge on any atom is 0.293 e. The molecule has 0 radical (unpaired) electrons. The zero-order valence-electron chi connectivity index (χ0n) is 12.1. The van der Waals surface area contributed by atoms with Crippen LogP contribution in [0.4, 0.5) is 11.4 Å². The Labute approximate surface area is 123 Å². The third-order valence-electron chi connectivity index (χ3n) is 3.54. The number of hydrogen-bond donors (Lipinski definition) is 2. The highest BCUT2D eigenvalue weighted by Gasteiger charge is 2.23. The Morgan fingerprint density at radius 2 is 2.05 bits per heavy atom. The van der Waals surface area contributed by atoms with Gasteiger partial charge in [0, 0.05) is 37.8 Å². The van der Waals surface area contributed by atoms with Crippen LogP contribution in [0.25, 0.3) is 0 Å². The van der Waals surface area contributed by atoms with Crippen molar-refractivity contribution in [3.8, 4) is 0 Å². The number of hydrogen-bond acceptors (Lipinski definition) is 5. The van der Waals surface area contributed by atoms with Gasteiger partial charge in [-0.1, -0.05) is 0 Å². The molecule has 0 spiro atoms. The van der Waals surface area contributed by atoms with Gasteiger partial charge in [0.05, 0.1) is 4.92 Å². The largest absolute Gasteiger partial charge is 0.366 e. The van der Waals surface area contributed by atoms with Crippen LogP contribution in [0.5, 0.6) is 0 Å². The van der Waals surface area contributed by atoms with Crippen LogP contribution in [0.1, 0.15) is 23.2 Å². The lowest BCUT2D eigenvalue weighted by Crippen LogP contribution is -2.30. The molecule has 2 rings (SSSR count). The Morgan fingerprint density at radius 3 is 2.67 bits per heavy atom. The monoisotopic (exact) mass is 292 g/mol. The minimum absolute atomic E-state index is 0.00170. The van der Waals surface area contributed by atoms with Gasteiger partial charge in [-0.15, -0.1) is 0 Å². The molecule has 1 heterocycles. The second kappa shape index (κ2) is 7.03. The Bertz CT molecular complexity index is 527. The zero-order valence-corrected chi connectivity index (χ0v) is 12.1. The first kappa shape index (κ1) is 15.2. The van der Waals surface area contributed by atoms with Gasteiger partial charge in [-0.3, -0.25) is 14.9 Å². The second-order valence-corrected chi connectivity index (χ2v) is 5.01. The summed E-state index contributed by atoms with van der Waals surface area (Å²) < 4.78 is 0. The molecular weight excluding hydrogens is 272 g/mol. The molecule has 7 nitrogen and oxygen atoms in total. The van der Waals surface area contributed by atoms with Crippen molar-refractivity contribution in [3.63, 3.8) is 0 Å². The first-order valence-electron chi connectivity index (χ1n) is 7.09. The van der Waals surface area contributed by atoms with Crippen molar-refractivity contribution in [2.75, 3.05) is 38.1 Å². The smallest absolute Gasteiger partial charge is 0.293 e. The van der Waals surface area contributed by atoms with E-state index in [-0.39, 0.29) is 11.6 Å². The second-order valence-electron chi connectivity index (χ2n) is 5.01. The van der Waals surface area contributed by atoms with E-state index in [9.17, 15) is 14.9 Å². The number of anilines is 1. The van der Waals surface area contributed by atoms with E-state index in [4.69, 9.17) is 0 Å². The number of nitro benzene ring substituents is 1. The van der Waals surface area contributed by atoms with Gasteiger partial charge < -0.3 is 15.5 Å². The maximum atomic E-state index is 12.0. The average molecular weight is 292 g/mol. The SMILES string of the molecule is CNCCNC(=O)c1ccc(N2CCCC2)c([N+](=O)[O-])c1. The van der Waals surface area contributed by atoms with Crippen LogP contribution in [0.15, 0.2) is 18.2 Å². The van der Waals surface area contributed by atoms with Gasteiger partial charge in [-0.25, -0.2) is 0 Å². The molecule has 1 aliphatic heterocycles. The summed E-state index contributed by atoms with van der Waals surface area (Å²) in [5.74, 6) is -0.290. The van der Waals surface area contributed by atoms with Crippen molar-refractivity contribution in [3.05, 3.63) is 33.9 Å². The van der Waals surface area contributed by atoms with E-state index in [1.165, 1.54) is 6.07 Å². The minimum atomic E-state index is -0.419. The summed E-state index contributed by atoms with van der Waals surface area (Å²) >= 11 is 0. The summed E-state index contributed by atoms with van der Waals surface area (Å²) in [5, 5.41) is 16.9. The van der Waals surface area contributed by atoms with Gasteiger partial charge >= 0.3 is 0 Å². The van der Waals surface area contributed by atoms with E-state index >= 15 is 0 Å². The molecule has 114 valence electrons. The molecule has 1 fully saturated rings. The first-order valence-corrected chi connectivity index (χ1v) is 7.09. The number of nitrogens with zero attached hydrogens (tertiary/aromatic N) is 2. The molecule has 0 atom stereocenters. The molecule has 1 aromatic carbocycles. The summed E-state index contributed by atoms with van der Waals surface area (Å²) in [7, 11) is 1.79. The molecule has 1 aliphatic rings. The summed E-state index contributed by atoms with van der Waals surface area (Å²) in [6.45, 7) is 2.79. The Balaban J connectivity index is 2.19. The molecule has 1 aromatic rings. The predicted octanol–water partition coefficient (Wildman–Crippen LogP) is 1.14. The number of benzene rings is 1. The van der Waals surface area contributed by atoms with E-state index in [1.807, 2.05) is 4.90 Å². The maximum absolute atomic E-state index is 12.0. The molecule has 0 aromatic heterocycles. The first-order chi connectivity index (χ1) is 10.1. The van der Waals surface area contributed by atoms with Gasteiger partial charge in [-0.2, -0.15) is 0 Å². The molecule has 0 saturated carbocycles. The Kier molecular flexibility index (Phi) is 5.10. The molecule has 7 heteroatoms. The normalized spacial score (nSPS) is 14.2. The van der Waals surface area contributed by atoms with E-state index in [0.717, 1.165) is 25.9 Å². The molecule has 0 bridgehead atoms. The summed E-state index contributed by atoms with van der Waals surface area (Å²) in [6, 6.07) is 4.69. The molecular formula is C14H20N4O3. The molecule has 0 aliphatic carbocycles. The highest BCUT2D eigenvalue weighted by atomic mass is 16.6. The van der Waals surface area contributed by atoms with Gasteiger partial charge in [0.25, 0.3) is 11.6 Å². The third-order valence-corrected chi connectivity index (χ3v) is 3.54. The standard InChI is InChI=1S/C14H20N4O3/c1-15-6-7-16-14(19)11-4-5-12(13(10-11)18(20)21)17-8-2-3-9-17/h4-5,10,15H,2-3,6-9H2,1H3,(H,16,19). The van der Waals surface area contributed by atoms with Gasteiger partial charge in [0.2, 0.25) is 0 Å². The van der Waals surface area contributed by atoms with Crippen LogP contribution < -0.4 is 15.5 Å². The number of rotatable bonds is 6. The minimum Gasteiger partial charge on any atom is -0.366 e. The summed E-state index contributed by atoms with van der Waals surface area (Å²) in [4.78, 5) is 24.8. The number of nitro groups is 1.